The summed E-state index contributed by atoms with van der Waals surface area (Å²) in [6.45, 7) is 13.2. The Morgan fingerprint density at radius 2 is 1.86 bits per heavy atom. The van der Waals surface area contributed by atoms with Crippen LogP contribution in [0.2, 0.25) is 0 Å². The molecule has 1 N–H and O–H groups in total. The Morgan fingerprint density at radius 1 is 1.05 bits per heavy atom. The van der Waals surface area contributed by atoms with E-state index < -0.39 is 0 Å². The van der Waals surface area contributed by atoms with E-state index in [1.807, 2.05) is 30.3 Å². The Bertz CT molecular complexity index is 1390. The number of hydrogen-bond donors (Lipinski definition) is 1. The lowest BCUT2D eigenvalue weighted by atomic mass is 9.96. The number of piperidine rings is 1. The van der Waals surface area contributed by atoms with Gasteiger partial charge in [0.1, 0.15) is 0 Å². The molecule has 0 saturated carbocycles. The molecule has 0 bridgehead atoms. The number of anilines is 2. The van der Waals surface area contributed by atoms with Crippen molar-refractivity contribution in [3.05, 3.63) is 83.4 Å². The Labute approximate surface area is 251 Å². The van der Waals surface area contributed by atoms with Crippen molar-refractivity contribution in [2.45, 2.75) is 53.0 Å². The number of fused-ring (bicyclic) bond motifs is 1. The van der Waals surface area contributed by atoms with Gasteiger partial charge in [0.2, 0.25) is 5.91 Å². The molecule has 1 atom stereocenters. The molecule has 0 radical (unpaired) electrons. The molecule has 2 aliphatic rings. The van der Waals surface area contributed by atoms with Crippen LogP contribution in [0.15, 0.2) is 66.7 Å². The third-order valence-corrected chi connectivity index (χ3v) is 8.63. The second kappa shape index (κ2) is 13.7. The zero-order valence-electron chi connectivity index (χ0n) is 25.7. The molecule has 1 fully saturated rings. The zero-order valence-corrected chi connectivity index (χ0v) is 25.7. The molecular weight excluding hydrogens is 520 g/mol. The van der Waals surface area contributed by atoms with E-state index >= 15 is 0 Å². The number of carbonyl (C=O) groups excluding carboxylic acids is 2. The molecule has 42 heavy (non-hydrogen) atoms. The van der Waals surface area contributed by atoms with Crippen molar-refractivity contribution in [3.63, 3.8) is 0 Å². The SMILES string of the molecule is CC(C)CN(CCN1CCCC(C)C1)Cc1cc(C(=O)Nc2ccc3c(c2)N(C)C(=O)CC3)ccc1-c1ccccc1. The van der Waals surface area contributed by atoms with Crippen LogP contribution >= 0.6 is 0 Å². The standard InChI is InChI=1S/C36H46N4O2/c1-26(2)23-40(20-19-39-18-8-9-27(3)24-39)25-31-21-30(13-16-33(31)28-10-6-5-7-11-28)36(42)37-32-15-12-29-14-17-35(41)38(4)34(29)22-32/h5-7,10-13,15-16,21-22,26-27H,8-9,14,17-20,23-25H2,1-4H3,(H,37,42). The van der Waals surface area contributed by atoms with Crippen molar-refractivity contribution in [1.29, 1.82) is 0 Å². The van der Waals surface area contributed by atoms with Crippen molar-refractivity contribution in [3.8, 4) is 11.1 Å². The first kappa shape index (κ1) is 30.0. The summed E-state index contributed by atoms with van der Waals surface area (Å²) in [5.74, 6) is 1.28. The van der Waals surface area contributed by atoms with E-state index in [1.165, 1.54) is 31.5 Å². The highest BCUT2D eigenvalue weighted by molar-refractivity contribution is 6.05. The third-order valence-electron chi connectivity index (χ3n) is 8.63. The molecule has 1 unspecified atom stereocenters. The summed E-state index contributed by atoms with van der Waals surface area (Å²) in [7, 11) is 1.80. The topological polar surface area (TPSA) is 55.9 Å². The molecule has 3 aromatic rings. The van der Waals surface area contributed by atoms with E-state index in [0.717, 1.165) is 60.9 Å². The maximum atomic E-state index is 13.5. The average molecular weight is 567 g/mol. The van der Waals surface area contributed by atoms with Crippen molar-refractivity contribution in [2.24, 2.45) is 11.8 Å². The Hall–Kier alpha value is -3.48. The van der Waals surface area contributed by atoms with Crippen LogP contribution < -0.4 is 10.2 Å². The first-order valence-electron chi connectivity index (χ1n) is 15.6. The smallest absolute Gasteiger partial charge is 0.255 e. The van der Waals surface area contributed by atoms with E-state index in [4.69, 9.17) is 0 Å². The quantitative estimate of drug-likeness (QED) is 0.297. The van der Waals surface area contributed by atoms with Gasteiger partial charge in [0.15, 0.2) is 0 Å². The number of nitrogens with zero attached hydrogens (tertiary/aromatic N) is 3. The molecule has 0 aliphatic carbocycles. The Balaban J connectivity index is 1.38. The summed E-state index contributed by atoms with van der Waals surface area (Å²) in [4.78, 5) is 32.6. The van der Waals surface area contributed by atoms with Gasteiger partial charge in [-0.3, -0.25) is 14.5 Å². The molecule has 2 aliphatic heterocycles. The van der Waals surface area contributed by atoms with E-state index in [9.17, 15) is 9.59 Å². The van der Waals surface area contributed by atoms with Gasteiger partial charge in [-0.1, -0.05) is 63.2 Å². The monoisotopic (exact) mass is 566 g/mol. The fourth-order valence-electron chi connectivity index (χ4n) is 6.44. The summed E-state index contributed by atoms with van der Waals surface area (Å²) < 4.78 is 0. The number of benzene rings is 3. The molecule has 6 nitrogen and oxygen atoms in total. The average Bonchev–Trinajstić information content (AvgIpc) is 2.98. The molecule has 1 saturated heterocycles. The number of carbonyl (C=O) groups is 2. The lowest BCUT2D eigenvalue weighted by Gasteiger charge is -2.33. The molecule has 2 heterocycles. The van der Waals surface area contributed by atoms with E-state index in [2.05, 4.69) is 72.3 Å². The fourth-order valence-corrected chi connectivity index (χ4v) is 6.44. The minimum Gasteiger partial charge on any atom is -0.322 e. The lowest BCUT2D eigenvalue weighted by Crippen LogP contribution is -2.41. The van der Waals surface area contributed by atoms with E-state index in [-0.39, 0.29) is 11.8 Å². The van der Waals surface area contributed by atoms with Crippen LogP contribution in [0.25, 0.3) is 11.1 Å². The molecule has 2 amide bonds. The van der Waals surface area contributed by atoms with Crippen molar-refractivity contribution >= 4 is 23.2 Å². The Morgan fingerprint density at radius 3 is 2.62 bits per heavy atom. The van der Waals surface area contributed by atoms with Crippen molar-refractivity contribution in [2.75, 3.05) is 50.0 Å². The molecule has 5 rings (SSSR count). The molecule has 0 aromatic heterocycles. The number of nitrogens with one attached hydrogen (secondary N) is 1. The predicted molar refractivity (Wildman–Crippen MR) is 173 cm³/mol. The maximum Gasteiger partial charge on any atom is 0.255 e. The minimum absolute atomic E-state index is 0.105. The van der Waals surface area contributed by atoms with Gasteiger partial charge in [-0.25, -0.2) is 0 Å². The fraction of sp³-hybridized carbons (Fsp3) is 0.444. The van der Waals surface area contributed by atoms with Crippen molar-refractivity contribution < 1.29 is 9.59 Å². The number of aryl methyl sites for hydroxylation is 1. The van der Waals surface area contributed by atoms with Gasteiger partial charge in [0.05, 0.1) is 0 Å². The highest BCUT2D eigenvalue weighted by Crippen LogP contribution is 2.31. The zero-order chi connectivity index (χ0) is 29.6. The van der Waals surface area contributed by atoms with Gasteiger partial charge in [-0.15, -0.1) is 0 Å². The minimum atomic E-state index is -0.140. The second-order valence-electron chi connectivity index (χ2n) is 12.7. The number of amides is 2. The first-order valence-corrected chi connectivity index (χ1v) is 15.6. The van der Waals surface area contributed by atoms with Crippen LogP contribution in [0.1, 0.15) is 61.5 Å². The summed E-state index contributed by atoms with van der Waals surface area (Å²) in [5.41, 5.74) is 6.84. The molecular formula is C36H46N4O2. The van der Waals surface area contributed by atoms with Crippen LogP contribution in [0, 0.1) is 11.8 Å². The summed E-state index contributed by atoms with van der Waals surface area (Å²) in [5, 5.41) is 3.09. The van der Waals surface area contributed by atoms with Gasteiger partial charge in [-0.05, 0) is 84.2 Å². The van der Waals surface area contributed by atoms with E-state index in [0.29, 0.717) is 23.6 Å². The van der Waals surface area contributed by atoms with Gasteiger partial charge in [-0.2, -0.15) is 0 Å². The highest BCUT2D eigenvalue weighted by Gasteiger charge is 2.22. The van der Waals surface area contributed by atoms with E-state index in [1.54, 1.807) is 11.9 Å². The molecule has 6 heteroatoms. The van der Waals surface area contributed by atoms with Crippen molar-refractivity contribution in [1.82, 2.24) is 9.80 Å². The normalized spacial score (nSPS) is 17.5. The summed E-state index contributed by atoms with van der Waals surface area (Å²) in [6.07, 6.45) is 3.89. The summed E-state index contributed by atoms with van der Waals surface area (Å²) in [6, 6.07) is 22.4. The van der Waals surface area contributed by atoms with Crippen LogP contribution in [0.5, 0.6) is 0 Å². The summed E-state index contributed by atoms with van der Waals surface area (Å²) >= 11 is 0. The van der Waals surface area contributed by atoms with Crippen LogP contribution in [-0.4, -0.2) is 61.4 Å². The largest absolute Gasteiger partial charge is 0.322 e. The number of rotatable bonds is 10. The molecule has 3 aromatic carbocycles. The van der Waals surface area contributed by atoms with Gasteiger partial charge in [0.25, 0.3) is 5.91 Å². The molecule has 0 spiro atoms. The van der Waals surface area contributed by atoms with Gasteiger partial charge >= 0.3 is 0 Å². The third kappa shape index (κ3) is 7.47. The Kier molecular flexibility index (Phi) is 9.76. The van der Waals surface area contributed by atoms with Crippen LogP contribution in [0.4, 0.5) is 11.4 Å². The van der Waals surface area contributed by atoms with Crippen LogP contribution in [-0.2, 0) is 17.8 Å². The second-order valence-corrected chi connectivity index (χ2v) is 12.7. The van der Waals surface area contributed by atoms with Gasteiger partial charge in [0, 0.05) is 63.1 Å². The predicted octanol–water partition coefficient (Wildman–Crippen LogP) is 6.70. The lowest BCUT2D eigenvalue weighted by molar-refractivity contribution is -0.118. The van der Waals surface area contributed by atoms with Gasteiger partial charge < -0.3 is 15.1 Å². The molecule has 222 valence electrons. The highest BCUT2D eigenvalue weighted by atomic mass is 16.2. The number of hydrogen-bond acceptors (Lipinski definition) is 4. The van der Waals surface area contributed by atoms with Crippen LogP contribution in [0.3, 0.4) is 0 Å². The first-order chi connectivity index (χ1) is 20.3. The number of likely N-dealkylation sites (tertiary alicyclic amines) is 1. The maximum absolute atomic E-state index is 13.5.